The molecule has 1 aromatic carbocycles. The van der Waals surface area contributed by atoms with Crippen molar-refractivity contribution in [1.82, 2.24) is 0 Å². The predicted molar refractivity (Wildman–Crippen MR) is 87.9 cm³/mol. The van der Waals surface area contributed by atoms with Crippen molar-refractivity contribution < 1.29 is 9.53 Å². The second kappa shape index (κ2) is 5.69. The number of carbonyl (C=O) groups excluding carboxylic acids is 1. The highest BCUT2D eigenvalue weighted by atomic mass is 16.5. The Morgan fingerprint density at radius 1 is 1.45 bits per heavy atom. The maximum absolute atomic E-state index is 11.5. The van der Waals surface area contributed by atoms with Gasteiger partial charge in [0.25, 0.3) is 0 Å². The number of methoxy groups -OCH3 is 1. The van der Waals surface area contributed by atoms with Gasteiger partial charge in [-0.2, -0.15) is 0 Å². The molecule has 0 aliphatic heterocycles. The molecule has 3 nitrogen and oxygen atoms in total. The van der Waals surface area contributed by atoms with Crippen LogP contribution in [0, 0.1) is 17.8 Å². The van der Waals surface area contributed by atoms with Crippen LogP contribution in [-0.4, -0.2) is 19.6 Å². The first-order valence-corrected chi connectivity index (χ1v) is 8.39. The van der Waals surface area contributed by atoms with Gasteiger partial charge in [-0.05, 0) is 72.1 Å². The maximum Gasteiger partial charge on any atom is 0.248 e. The van der Waals surface area contributed by atoms with E-state index in [9.17, 15) is 4.79 Å². The summed E-state index contributed by atoms with van der Waals surface area (Å²) < 4.78 is 5.30. The van der Waals surface area contributed by atoms with E-state index in [-0.39, 0.29) is 11.3 Å². The number of hydrogen-bond donors (Lipinski definition) is 1. The largest absolute Gasteiger partial charge is 0.385 e. The number of hydrogen-bond acceptors (Lipinski definition) is 2. The number of ether oxygens (including phenoxy) is 1. The minimum absolute atomic E-state index is 0.174. The van der Waals surface area contributed by atoms with Crippen LogP contribution in [0.15, 0.2) is 18.2 Å². The lowest BCUT2D eigenvalue weighted by Gasteiger charge is -2.53. The molecule has 0 heterocycles. The van der Waals surface area contributed by atoms with Crippen LogP contribution in [0.4, 0.5) is 0 Å². The summed E-state index contributed by atoms with van der Waals surface area (Å²) in [5, 5.41) is 0. The molecule has 0 saturated heterocycles. The molecule has 2 aliphatic rings. The lowest BCUT2D eigenvalue weighted by molar-refractivity contribution is 0.0466. The first kappa shape index (κ1) is 15.5. The van der Waals surface area contributed by atoms with E-state index < -0.39 is 0 Å². The number of rotatable bonds is 4. The van der Waals surface area contributed by atoms with Gasteiger partial charge in [0.2, 0.25) is 5.91 Å². The third kappa shape index (κ3) is 2.36. The van der Waals surface area contributed by atoms with Gasteiger partial charge in [-0.25, -0.2) is 0 Å². The van der Waals surface area contributed by atoms with Crippen molar-refractivity contribution in [2.45, 2.75) is 44.9 Å². The monoisotopic (exact) mass is 301 g/mol. The van der Waals surface area contributed by atoms with Crippen molar-refractivity contribution in [2.24, 2.45) is 23.5 Å². The SMILES string of the molecule is COCCC1CCC2(C)c3cc(C(N)=O)ccc3CC1C2C. The van der Waals surface area contributed by atoms with Crippen LogP contribution >= 0.6 is 0 Å². The van der Waals surface area contributed by atoms with Gasteiger partial charge in [0, 0.05) is 19.3 Å². The molecule has 120 valence electrons. The minimum atomic E-state index is -0.324. The van der Waals surface area contributed by atoms with Gasteiger partial charge in [-0.1, -0.05) is 19.9 Å². The molecule has 0 aromatic heterocycles. The molecule has 3 rings (SSSR count). The predicted octanol–water partition coefficient (Wildman–Crippen LogP) is 3.30. The van der Waals surface area contributed by atoms with E-state index in [0.29, 0.717) is 11.5 Å². The third-order valence-electron chi connectivity index (χ3n) is 6.45. The average molecular weight is 301 g/mol. The second-order valence-corrected chi connectivity index (χ2v) is 7.39. The van der Waals surface area contributed by atoms with Crippen LogP contribution in [-0.2, 0) is 16.6 Å². The van der Waals surface area contributed by atoms with E-state index in [0.717, 1.165) is 31.3 Å². The number of amides is 1. The van der Waals surface area contributed by atoms with Gasteiger partial charge < -0.3 is 10.5 Å². The lowest BCUT2D eigenvalue weighted by Crippen LogP contribution is -2.48. The summed E-state index contributed by atoms with van der Waals surface area (Å²) in [4.78, 5) is 11.5. The Balaban J connectivity index is 1.97. The van der Waals surface area contributed by atoms with Crippen LogP contribution in [0.2, 0.25) is 0 Å². The molecule has 4 unspecified atom stereocenters. The molecule has 0 spiro atoms. The summed E-state index contributed by atoms with van der Waals surface area (Å²) in [6, 6.07) is 6.07. The Labute approximate surface area is 133 Å². The van der Waals surface area contributed by atoms with Crippen LogP contribution < -0.4 is 5.73 Å². The van der Waals surface area contributed by atoms with E-state index in [4.69, 9.17) is 10.5 Å². The molecule has 0 radical (unpaired) electrons. The Hall–Kier alpha value is -1.35. The normalized spacial score (nSPS) is 33.3. The lowest BCUT2D eigenvalue weighted by atomic mass is 9.51. The summed E-state index contributed by atoms with van der Waals surface area (Å²) in [5.41, 5.74) is 9.07. The maximum atomic E-state index is 11.5. The molecule has 3 heteroatoms. The van der Waals surface area contributed by atoms with Gasteiger partial charge in [0.15, 0.2) is 0 Å². The summed E-state index contributed by atoms with van der Waals surface area (Å²) >= 11 is 0. The first-order valence-electron chi connectivity index (χ1n) is 8.39. The molecule has 2 N–H and O–H groups in total. The smallest absolute Gasteiger partial charge is 0.248 e. The molecule has 2 bridgehead atoms. The fraction of sp³-hybridized carbons (Fsp3) is 0.632. The highest BCUT2D eigenvalue weighted by Gasteiger charge is 2.48. The zero-order valence-electron chi connectivity index (χ0n) is 13.9. The molecule has 4 atom stereocenters. The van der Waals surface area contributed by atoms with Crippen LogP contribution in [0.25, 0.3) is 0 Å². The summed E-state index contributed by atoms with van der Waals surface area (Å²) in [5.74, 6) is 1.79. The van der Waals surface area contributed by atoms with Gasteiger partial charge in [0.05, 0.1) is 0 Å². The van der Waals surface area contributed by atoms with Crippen LogP contribution in [0.1, 0.15) is 54.6 Å². The summed E-state index contributed by atoms with van der Waals surface area (Å²) in [7, 11) is 1.79. The number of carbonyl (C=O) groups is 1. The molecule has 1 fully saturated rings. The topological polar surface area (TPSA) is 52.3 Å². The highest BCUT2D eigenvalue weighted by Crippen LogP contribution is 2.54. The third-order valence-corrected chi connectivity index (χ3v) is 6.45. The van der Waals surface area contributed by atoms with Crippen molar-refractivity contribution in [3.05, 3.63) is 34.9 Å². The standard InChI is InChI=1S/C19H27NO2/c1-12-16-10-14-4-5-15(18(20)21)11-17(14)19(12,2)8-6-13(16)7-9-22-3/h4-5,11-13,16H,6-10H2,1-3H3,(H2,20,21). The van der Waals surface area contributed by atoms with E-state index in [1.807, 2.05) is 6.07 Å². The van der Waals surface area contributed by atoms with Crippen molar-refractivity contribution >= 4 is 5.91 Å². The Morgan fingerprint density at radius 3 is 2.91 bits per heavy atom. The quantitative estimate of drug-likeness (QED) is 0.927. The van der Waals surface area contributed by atoms with E-state index in [2.05, 4.69) is 26.0 Å². The fourth-order valence-corrected chi connectivity index (χ4v) is 4.85. The van der Waals surface area contributed by atoms with E-state index in [1.54, 1.807) is 7.11 Å². The first-order chi connectivity index (χ1) is 10.5. The van der Waals surface area contributed by atoms with E-state index >= 15 is 0 Å². The number of primary amides is 1. The van der Waals surface area contributed by atoms with E-state index in [1.165, 1.54) is 24.0 Å². The highest BCUT2D eigenvalue weighted by molar-refractivity contribution is 5.93. The van der Waals surface area contributed by atoms with Crippen molar-refractivity contribution in [3.63, 3.8) is 0 Å². The summed E-state index contributed by atoms with van der Waals surface area (Å²) in [6.07, 6.45) is 4.74. The molecule has 1 saturated carbocycles. The van der Waals surface area contributed by atoms with Gasteiger partial charge >= 0.3 is 0 Å². The van der Waals surface area contributed by atoms with Gasteiger partial charge in [-0.3, -0.25) is 4.79 Å². The zero-order chi connectivity index (χ0) is 15.9. The molecule has 22 heavy (non-hydrogen) atoms. The van der Waals surface area contributed by atoms with Crippen LogP contribution in [0.5, 0.6) is 0 Å². The zero-order valence-corrected chi connectivity index (χ0v) is 13.9. The second-order valence-electron chi connectivity index (χ2n) is 7.39. The number of benzene rings is 1. The Bertz CT molecular complexity index is 583. The van der Waals surface area contributed by atoms with Crippen molar-refractivity contribution in [1.29, 1.82) is 0 Å². The molecule has 1 aromatic rings. The van der Waals surface area contributed by atoms with Gasteiger partial charge in [-0.15, -0.1) is 0 Å². The molecular formula is C19H27NO2. The van der Waals surface area contributed by atoms with Crippen molar-refractivity contribution in [2.75, 3.05) is 13.7 Å². The molecule has 1 amide bonds. The van der Waals surface area contributed by atoms with Gasteiger partial charge in [0.1, 0.15) is 0 Å². The Kier molecular flexibility index (Phi) is 4.02. The number of nitrogens with two attached hydrogens (primary N) is 1. The fourth-order valence-electron chi connectivity index (χ4n) is 4.85. The van der Waals surface area contributed by atoms with Crippen LogP contribution in [0.3, 0.4) is 0 Å². The number of fused-ring (bicyclic) bond motifs is 4. The molecule has 2 aliphatic carbocycles. The minimum Gasteiger partial charge on any atom is -0.385 e. The van der Waals surface area contributed by atoms with Crippen molar-refractivity contribution in [3.8, 4) is 0 Å². The molecular weight excluding hydrogens is 274 g/mol. The average Bonchev–Trinajstić information content (AvgIpc) is 2.49. The Morgan fingerprint density at radius 2 is 2.23 bits per heavy atom. The summed E-state index contributed by atoms with van der Waals surface area (Å²) in [6.45, 7) is 5.63.